The monoisotopic (exact) mass is 409 g/mol. The van der Waals surface area contributed by atoms with Gasteiger partial charge >= 0.3 is 0 Å². The Kier molecular flexibility index (Phi) is 4.41. The smallest absolute Gasteiger partial charge is 0.282 e. The van der Waals surface area contributed by atoms with E-state index in [1.807, 2.05) is 42.5 Å². The molecule has 0 atom stereocenters. The lowest BCUT2D eigenvalue weighted by Gasteiger charge is -2.09. The Balaban J connectivity index is 1.57. The lowest BCUT2D eigenvalue weighted by atomic mass is 10.1. The maximum atomic E-state index is 12.8. The van der Waals surface area contributed by atoms with Crippen LogP contribution in [-0.2, 0) is 0 Å². The van der Waals surface area contributed by atoms with Crippen LogP contribution in [0.2, 0.25) is 0 Å². The molecule has 0 saturated carbocycles. The van der Waals surface area contributed by atoms with E-state index in [4.69, 9.17) is 4.42 Å². The largest absolute Gasteiger partial charge is 0.435 e. The normalized spacial score (nSPS) is 11.0. The van der Waals surface area contributed by atoms with Crippen LogP contribution in [0.4, 0.5) is 11.4 Å². The van der Waals surface area contributed by atoms with E-state index in [-0.39, 0.29) is 11.3 Å². The third-order valence-electron chi connectivity index (χ3n) is 5.03. The van der Waals surface area contributed by atoms with E-state index in [1.54, 1.807) is 24.3 Å². The molecule has 5 aromatic rings. The van der Waals surface area contributed by atoms with Crippen molar-refractivity contribution >= 4 is 39.2 Å². The van der Waals surface area contributed by atoms with Gasteiger partial charge in [-0.05, 0) is 29.7 Å². The fourth-order valence-corrected chi connectivity index (χ4v) is 3.56. The molecule has 0 saturated heterocycles. The van der Waals surface area contributed by atoms with Crippen molar-refractivity contribution in [1.82, 2.24) is 4.98 Å². The maximum Gasteiger partial charge on any atom is 0.282 e. The highest BCUT2D eigenvalue weighted by molar-refractivity contribution is 6.09. The molecule has 0 fully saturated rings. The summed E-state index contributed by atoms with van der Waals surface area (Å²) in [4.78, 5) is 28.1. The summed E-state index contributed by atoms with van der Waals surface area (Å²) in [5.41, 5.74) is 2.11. The molecule has 31 heavy (non-hydrogen) atoms. The number of anilines is 1. The number of nitrogens with zero attached hydrogens (tertiary/aromatic N) is 2. The summed E-state index contributed by atoms with van der Waals surface area (Å²) in [6, 6.07) is 24.6. The van der Waals surface area contributed by atoms with Gasteiger partial charge in [0.25, 0.3) is 11.6 Å². The minimum atomic E-state index is -0.582. The summed E-state index contributed by atoms with van der Waals surface area (Å²) in [6.45, 7) is 0. The molecule has 1 N–H and O–H groups in total. The van der Waals surface area contributed by atoms with E-state index >= 15 is 0 Å². The third kappa shape index (κ3) is 3.28. The van der Waals surface area contributed by atoms with Crippen molar-refractivity contribution in [3.8, 4) is 11.5 Å². The first kappa shape index (κ1) is 18.5. The van der Waals surface area contributed by atoms with Crippen LogP contribution in [0.1, 0.15) is 10.4 Å². The first-order chi connectivity index (χ1) is 15.1. The summed E-state index contributed by atoms with van der Waals surface area (Å²) in [6.07, 6.45) is 0. The topological polar surface area (TPSA) is 98.3 Å². The Morgan fingerprint density at radius 3 is 2.52 bits per heavy atom. The number of rotatable bonds is 4. The minimum Gasteiger partial charge on any atom is -0.435 e. The van der Waals surface area contributed by atoms with Crippen LogP contribution in [0.3, 0.4) is 0 Å². The Morgan fingerprint density at radius 2 is 1.65 bits per heavy atom. The van der Waals surface area contributed by atoms with E-state index in [9.17, 15) is 14.9 Å². The molecule has 4 aromatic carbocycles. The van der Waals surface area contributed by atoms with Crippen LogP contribution in [0.5, 0.6) is 0 Å². The standard InChI is InChI=1S/C24H15N3O4/c28-23(18-10-4-6-12-21(18)27(29)30)25-19-11-5-3-9-17(19)24-26-20-14-13-15-7-1-2-8-16(15)22(20)31-24/h1-14H,(H,25,28). The number of para-hydroxylation sites is 2. The van der Waals surface area contributed by atoms with Crippen LogP contribution < -0.4 is 5.32 Å². The van der Waals surface area contributed by atoms with Crippen LogP contribution >= 0.6 is 0 Å². The molecule has 0 aliphatic rings. The summed E-state index contributed by atoms with van der Waals surface area (Å²) < 4.78 is 6.09. The van der Waals surface area contributed by atoms with E-state index < -0.39 is 10.8 Å². The van der Waals surface area contributed by atoms with Crippen LogP contribution in [0.25, 0.3) is 33.3 Å². The van der Waals surface area contributed by atoms with Crippen molar-refractivity contribution in [3.05, 3.63) is 101 Å². The van der Waals surface area contributed by atoms with Gasteiger partial charge in [0.1, 0.15) is 11.1 Å². The average Bonchev–Trinajstić information content (AvgIpc) is 3.24. The zero-order chi connectivity index (χ0) is 21.4. The number of nitro benzene ring substituents is 1. The Morgan fingerprint density at radius 1 is 0.903 bits per heavy atom. The molecule has 1 aromatic heterocycles. The van der Waals surface area contributed by atoms with Crippen LogP contribution in [0, 0.1) is 10.1 Å². The molecule has 0 aliphatic carbocycles. The van der Waals surface area contributed by atoms with Gasteiger partial charge in [0.15, 0.2) is 5.58 Å². The first-order valence-electron chi connectivity index (χ1n) is 9.54. The van der Waals surface area contributed by atoms with Gasteiger partial charge in [-0.1, -0.05) is 54.6 Å². The second-order valence-corrected chi connectivity index (χ2v) is 6.93. The number of carbonyl (C=O) groups is 1. The second kappa shape index (κ2) is 7.38. The number of hydrogen-bond acceptors (Lipinski definition) is 5. The quantitative estimate of drug-likeness (QED) is 0.298. The van der Waals surface area contributed by atoms with Gasteiger partial charge in [0.2, 0.25) is 5.89 Å². The lowest BCUT2D eigenvalue weighted by molar-refractivity contribution is -0.385. The van der Waals surface area contributed by atoms with Crippen molar-refractivity contribution in [1.29, 1.82) is 0 Å². The minimum absolute atomic E-state index is 0.0223. The number of amides is 1. The maximum absolute atomic E-state index is 12.8. The number of benzene rings is 4. The number of carbonyl (C=O) groups excluding carboxylic acids is 1. The van der Waals surface area contributed by atoms with Gasteiger partial charge in [0, 0.05) is 11.5 Å². The highest BCUT2D eigenvalue weighted by atomic mass is 16.6. The van der Waals surface area contributed by atoms with Gasteiger partial charge in [0.05, 0.1) is 16.2 Å². The summed E-state index contributed by atoms with van der Waals surface area (Å²) in [5, 5.41) is 16.0. The number of aromatic nitrogens is 1. The molecular weight excluding hydrogens is 394 g/mol. The molecule has 7 nitrogen and oxygen atoms in total. The fraction of sp³-hybridized carbons (Fsp3) is 0. The predicted octanol–water partition coefficient (Wildman–Crippen LogP) is 5.81. The van der Waals surface area contributed by atoms with Crippen molar-refractivity contribution in [2.75, 3.05) is 5.32 Å². The Bertz CT molecular complexity index is 1470. The van der Waals surface area contributed by atoms with Crippen LogP contribution in [-0.4, -0.2) is 15.8 Å². The highest BCUT2D eigenvalue weighted by Crippen LogP contribution is 2.33. The summed E-state index contributed by atoms with van der Waals surface area (Å²) in [5.74, 6) is -0.230. The van der Waals surface area contributed by atoms with E-state index in [1.165, 1.54) is 18.2 Å². The Labute approximate surface area is 176 Å². The molecule has 0 aliphatic heterocycles. The van der Waals surface area contributed by atoms with Crippen molar-refractivity contribution in [2.24, 2.45) is 0 Å². The fourth-order valence-electron chi connectivity index (χ4n) is 3.56. The molecule has 0 spiro atoms. The molecule has 150 valence electrons. The van der Waals surface area contributed by atoms with E-state index in [0.29, 0.717) is 28.2 Å². The SMILES string of the molecule is O=C(Nc1ccccc1-c1nc2ccc3ccccc3c2o1)c1ccccc1[N+](=O)[O-]. The first-order valence-corrected chi connectivity index (χ1v) is 9.54. The van der Waals surface area contributed by atoms with Gasteiger partial charge < -0.3 is 9.73 Å². The summed E-state index contributed by atoms with van der Waals surface area (Å²) >= 11 is 0. The summed E-state index contributed by atoms with van der Waals surface area (Å²) in [7, 11) is 0. The number of fused-ring (bicyclic) bond motifs is 3. The molecule has 1 heterocycles. The van der Waals surface area contributed by atoms with Gasteiger partial charge in [-0.3, -0.25) is 14.9 Å². The van der Waals surface area contributed by atoms with E-state index in [0.717, 1.165) is 10.8 Å². The number of nitro groups is 1. The number of hydrogen-bond donors (Lipinski definition) is 1. The third-order valence-corrected chi connectivity index (χ3v) is 5.03. The molecule has 0 radical (unpaired) electrons. The van der Waals surface area contributed by atoms with Crippen LogP contribution in [0.15, 0.2) is 89.3 Å². The van der Waals surface area contributed by atoms with Gasteiger partial charge in [-0.2, -0.15) is 0 Å². The van der Waals surface area contributed by atoms with Crippen molar-refractivity contribution in [2.45, 2.75) is 0 Å². The second-order valence-electron chi connectivity index (χ2n) is 6.93. The van der Waals surface area contributed by atoms with Gasteiger partial charge in [-0.15, -0.1) is 0 Å². The molecule has 7 heteroatoms. The Hall–Kier alpha value is -4.52. The predicted molar refractivity (Wildman–Crippen MR) is 118 cm³/mol. The number of oxazole rings is 1. The average molecular weight is 409 g/mol. The molecule has 1 amide bonds. The zero-order valence-electron chi connectivity index (χ0n) is 16.1. The van der Waals surface area contributed by atoms with E-state index in [2.05, 4.69) is 10.3 Å². The van der Waals surface area contributed by atoms with Crippen molar-refractivity contribution in [3.63, 3.8) is 0 Å². The zero-order valence-corrected chi connectivity index (χ0v) is 16.1. The molecular formula is C24H15N3O4. The molecule has 5 rings (SSSR count). The lowest BCUT2D eigenvalue weighted by Crippen LogP contribution is -2.14. The molecule has 0 unspecified atom stereocenters. The molecule has 0 bridgehead atoms. The van der Waals surface area contributed by atoms with Gasteiger partial charge in [-0.25, -0.2) is 4.98 Å². The van der Waals surface area contributed by atoms with Crippen molar-refractivity contribution < 1.29 is 14.1 Å². The number of nitrogens with one attached hydrogen (secondary N) is 1. The highest BCUT2D eigenvalue weighted by Gasteiger charge is 2.21.